The zero-order valence-electron chi connectivity index (χ0n) is 9.08. The van der Waals surface area contributed by atoms with Crippen molar-refractivity contribution >= 4 is 23.2 Å². The Hall–Kier alpha value is -1.48. The minimum Gasteiger partial charge on any atom is -0.197 e. The Balaban J connectivity index is 3.12. The molecule has 2 nitrogen and oxygen atoms in total. The highest BCUT2D eigenvalue weighted by Crippen LogP contribution is 2.32. The number of nitrogens with zero attached hydrogens (tertiary/aromatic N) is 2. The molecule has 0 spiro atoms. The third-order valence-electron chi connectivity index (χ3n) is 2.44. The predicted molar refractivity (Wildman–Crippen MR) is 68.6 cm³/mol. The number of nitriles is 2. The standard InChI is InChI=1S/C13H10Cl2N2/c1-2-6-13(8-16,9-17)7-10-4-3-5-11(14)12(10)15/h2-5H,1,6-7H2. The Morgan fingerprint density at radius 3 is 2.47 bits per heavy atom. The van der Waals surface area contributed by atoms with E-state index in [1.165, 1.54) is 0 Å². The number of hydrogen-bond acceptors (Lipinski definition) is 2. The summed E-state index contributed by atoms with van der Waals surface area (Å²) in [5.41, 5.74) is -0.431. The van der Waals surface area contributed by atoms with Crippen LogP contribution in [0.2, 0.25) is 10.0 Å². The van der Waals surface area contributed by atoms with Crippen LogP contribution in [-0.4, -0.2) is 0 Å². The molecule has 0 aliphatic heterocycles. The molecular weight excluding hydrogens is 255 g/mol. The normalized spacial score (nSPS) is 10.4. The summed E-state index contributed by atoms with van der Waals surface area (Å²) in [6.45, 7) is 3.56. The first kappa shape index (κ1) is 13.6. The van der Waals surface area contributed by atoms with E-state index in [-0.39, 0.29) is 6.42 Å². The van der Waals surface area contributed by atoms with Gasteiger partial charge in [0.1, 0.15) is 0 Å². The fourth-order valence-corrected chi connectivity index (χ4v) is 1.91. The predicted octanol–water partition coefficient (Wildman–Crippen LogP) is 4.15. The van der Waals surface area contributed by atoms with Gasteiger partial charge in [-0.1, -0.05) is 41.4 Å². The summed E-state index contributed by atoms with van der Waals surface area (Å²) >= 11 is 11.9. The van der Waals surface area contributed by atoms with Crippen LogP contribution in [0, 0.1) is 28.1 Å². The van der Waals surface area contributed by atoms with E-state index in [0.29, 0.717) is 22.0 Å². The topological polar surface area (TPSA) is 47.6 Å². The Labute approximate surface area is 111 Å². The molecule has 0 fully saturated rings. The summed E-state index contributed by atoms with van der Waals surface area (Å²) in [6, 6.07) is 9.23. The van der Waals surface area contributed by atoms with Crippen LogP contribution in [0.4, 0.5) is 0 Å². The van der Waals surface area contributed by atoms with Gasteiger partial charge in [-0.05, 0) is 18.1 Å². The minimum absolute atomic E-state index is 0.241. The van der Waals surface area contributed by atoms with Gasteiger partial charge in [0.25, 0.3) is 0 Å². The van der Waals surface area contributed by atoms with Gasteiger partial charge in [0.2, 0.25) is 0 Å². The molecule has 4 heteroatoms. The largest absolute Gasteiger partial charge is 0.197 e. The quantitative estimate of drug-likeness (QED) is 0.768. The van der Waals surface area contributed by atoms with Gasteiger partial charge in [0.15, 0.2) is 5.41 Å². The monoisotopic (exact) mass is 264 g/mol. The van der Waals surface area contributed by atoms with E-state index in [4.69, 9.17) is 33.7 Å². The summed E-state index contributed by atoms with van der Waals surface area (Å²) in [5.74, 6) is 0. The van der Waals surface area contributed by atoms with E-state index in [1.807, 2.05) is 12.1 Å². The van der Waals surface area contributed by atoms with Gasteiger partial charge in [-0.3, -0.25) is 0 Å². The molecule has 0 aliphatic rings. The first-order valence-electron chi connectivity index (χ1n) is 4.95. The molecule has 0 radical (unpaired) electrons. The molecule has 0 unspecified atom stereocenters. The lowest BCUT2D eigenvalue weighted by molar-refractivity contribution is 0.527. The Morgan fingerprint density at radius 2 is 1.94 bits per heavy atom. The highest BCUT2D eigenvalue weighted by Gasteiger charge is 2.30. The van der Waals surface area contributed by atoms with Crippen molar-refractivity contribution in [3.05, 3.63) is 46.5 Å². The van der Waals surface area contributed by atoms with E-state index in [1.54, 1.807) is 24.3 Å². The van der Waals surface area contributed by atoms with Crippen LogP contribution in [0.15, 0.2) is 30.9 Å². The lowest BCUT2D eigenvalue weighted by Crippen LogP contribution is -2.18. The first-order valence-corrected chi connectivity index (χ1v) is 5.70. The van der Waals surface area contributed by atoms with E-state index >= 15 is 0 Å². The van der Waals surface area contributed by atoms with Crippen molar-refractivity contribution < 1.29 is 0 Å². The summed E-state index contributed by atoms with van der Waals surface area (Å²) in [6.07, 6.45) is 2.10. The van der Waals surface area contributed by atoms with E-state index in [9.17, 15) is 0 Å². The zero-order valence-corrected chi connectivity index (χ0v) is 10.6. The third-order valence-corrected chi connectivity index (χ3v) is 3.30. The molecule has 0 aromatic heterocycles. The third kappa shape index (κ3) is 3.01. The molecule has 0 bridgehead atoms. The minimum atomic E-state index is -1.13. The molecule has 86 valence electrons. The molecule has 0 heterocycles. The molecule has 0 saturated carbocycles. The van der Waals surface area contributed by atoms with Crippen LogP contribution in [-0.2, 0) is 6.42 Å². The lowest BCUT2D eigenvalue weighted by Gasteiger charge is -2.17. The second kappa shape index (κ2) is 5.73. The number of rotatable bonds is 4. The number of benzene rings is 1. The highest BCUT2D eigenvalue weighted by molar-refractivity contribution is 6.42. The van der Waals surface area contributed by atoms with Crippen LogP contribution in [0.25, 0.3) is 0 Å². The second-order valence-corrected chi connectivity index (χ2v) is 4.47. The van der Waals surface area contributed by atoms with Crippen LogP contribution in [0.1, 0.15) is 12.0 Å². The average Bonchev–Trinajstić information content (AvgIpc) is 2.34. The lowest BCUT2D eigenvalue weighted by atomic mass is 9.81. The average molecular weight is 265 g/mol. The molecule has 1 rings (SSSR count). The summed E-state index contributed by atoms with van der Waals surface area (Å²) < 4.78 is 0. The maximum atomic E-state index is 9.13. The van der Waals surface area contributed by atoms with Crippen LogP contribution in [0.5, 0.6) is 0 Å². The molecule has 0 aliphatic carbocycles. The Bertz CT molecular complexity index is 495. The first-order chi connectivity index (χ1) is 8.08. The van der Waals surface area contributed by atoms with Gasteiger partial charge in [-0.25, -0.2) is 0 Å². The van der Waals surface area contributed by atoms with Gasteiger partial charge in [0.05, 0.1) is 22.2 Å². The van der Waals surface area contributed by atoms with Crippen LogP contribution >= 0.6 is 23.2 Å². The molecule has 17 heavy (non-hydrogen) atoms. The van der Waals surface area contributed by atoms with Gasteiger partial charge in [-0.15, -0.1) is 6.58 Å². The van der Waals surface area contributed by atoms with Crippen molar-refractivity contribution in [2.45, 2.75) is 12.8 Å². The van der Waals surface area contributed by atoms with Crippen molar-refractivity contribution in [1.29, 1.82) is 10.5 Å². The van der Waals surface area contributed by atoms with Gasteiger partial charge < -0.3 is 0 Å². The summed E-state index contributed by atoms with van der Waals surface area (Å²) in [5, 5.41) is 19.1. The maximum Gasteiger partial charge on any atom is 0.151 e. The molecule has 0 atom stereocenters. The smallest absolute Gasteiger partial charge is 0.151 e. The Kier molecular flexibility index (Phi) is 4.58. The molecule has 0 amide bonds. The van der Waals surface area contributed by atoms with Crippen molar-refractivity contribution in [3.63, 3.8) is 0 Å². The van der Waals surface area contributed by atoms with E-state index < -0.39 is 5.41 Å². The SMILES string of the molecule is C=CCC(C#N)(C#N)Cc1cccc(Cl)c1Cl. The fraction of sp³-hybridized carbons (Fsp3) is 0.231. The van der Waals surface area contributed by atoms with Crippen molar-refractivity contribution in [2.24, 2.45) is 5.41 Å². The van der Waals surface area contributed by atoms with Crippen molar-refractivity contribution in [2.75, 3.05) is 0 Å². The van der Waals surface area contributed by atoms with Gasteiger partial charge in [-0.2, -0.15) is 10.5 Å². The number of hydrogen-bond donors (Lipinski definition) is 0. The van der Waals surface area contributed by atoms with Crippen LogP contribution < -0.4 is 0 Å². The number of halogens is 2. The molecular formula is C13H10Cl2N2. The summed E-state index contributed by atoms with van der Waals surface area (Å²) in [4.78, 5) is 0. The molecule has 1 aromatic rings. The van der Waals surface area contributed by atoms with Gasteiger partial charge in [0, 0.05) is 6.42 Å². The molecule has 0 N–H and O–H groups in total. The van der Waals surface area contributed by atoms with Crippen molar-refractivity contribution in [3.8, 4) is 12.1 Å². The van der Waals surface area contributed by atoms with E-state index in [2.05, 4.69) is 6.58 Å². The summed E-state index contributed by atoms with van der Waals surface area (Å²) in [7, 11) is 0. The van der Waals surface area contributed by atoms with Crippen molar-refractivity contribution in [1.82, 2.24) is 0 Å². The molecule has 0 saturated heterocycles. The zero-order chi connectivity index (χ0) is 12.9. The number of allylic oxidation sites excluding steroid dienone is 1. The van der Waals surface area contributed by atoms with E-state index in [0.717, 1.165) is 0 Å². The van der Waals surface area contributed by atoms with Crippen LogP contribution in [0.3, 0.4) is 0 Å². The highest BCUT2D eigenvalue weighted by atomic mass is 35.5. The van der Waals surface area contributed by atoms with Gasteiger partial charge >= 0.3 is 0 Å². The Morgan fingerprint density at radius 1 is 1.29 bits per heavy atom. The maximum absolute atomic E-state index is 9.13. The second-order valence-electron chi connectivity index (χ2n) is 3.69. The molecule has 1 aromatic carbocycles. The fourth-order valence-electron chi connectivity index (χ4n) is 1.52.